The molecule has 1 aliphatic heterocycles. The fourth-order valence-electron chi connectivity index (χ4n) is 2.73. The van der Waals surface area contributed by atoms with Crippen LogP contribution in [0.1, 0.15) is 44.1 Å². The van der Waals surface area contributed by atoms with Gasteiger partial charge in [-0.15, -0.1) is 0 Å². The summed E-state index contributed by atoms with van der Waals surface area (Å²) in [6.45, 7) is 4.81. The molecular formula is C19H26F2N4O3. The number of aromatic nitrogens is 1. The smallest absolute Gasteiger partial charge is 0.282 e. The highest BCUT2D eigenvalue weighted by atomic mass is 19.3. The Hall–Kier alpha value is -2.29. The van der Waals surface area contributed by atoms with Crippen molar-refractivity contribution in [2.45, 2.75) is 45.2 Å². The first kappa shape index (κ1) is 20.4. The zero-order valence-electron chi connectivity index (χ0n) is 16.3. The lowest BCUT2D eigenvalue weighted by Crippen LogP contribution is -2.65. The summed E-state index contributed by atoms with van der Waals surface area (Å²) >= 11 is 0. The highest BCUT2D eigenvalue weighted by molar-refractivity contribution is 5.95. The van der Waals surface area contributed by atoms with E-state index < -0.39 is 36.0 Å². The minimum atomic E-state index is -2.74. The van der Waals surface area contributed by atoms with Gasteiger partial charge in [0, 0.05) is 11.5 Å². The molecule has 3 N–H and O–H groups in total. The average molecular weight is 396 g/mol. The Balaban J connectivity index is 1.81. The van der Waals surface area contributed by atoms with Crippen LogP contribution in [0.3, 0.4) is 0 Å². The maximum atomic E-state index is 13.3. The van der Waals surface area contributed by atoms with Gasteiger partial charge in [-0.3, -0.25) is 9.59 Å². The molecule has 1 atom stereocenters. The van der Waals surface area contributed by atoms with E-state index in [-0.39, 0.29) is 5.69 Å². The number of ether oxygens (including phenoxy) is 1. The Labute approximate surface area is 162 Å². The molecule has 0 radical (unpaired) electrons. The highest BCUT2D eigenvalue weighted by Crippen LogP contribution is 2.38. The summed E-state index contributed by atoms with van der Waals surface area (Å²) < 4.78 is 32.3. The number of nitrogens with zero attached hydrogens (tertiary/aromatic N) is 2. The molecule has 2 aliphatic rings. The number of carbonyl (C=O) groups is 2. The summed E-state index contributed by atoms with van der Waals surface area (Å²) in [5.41, 5.74) is 4.16. The van der Waals surface area contributed by atoms with Crippen LogP contribution < -0.4 is 20.7 Å². The van der Waals surface area contributed by atoms with Crippen LogP contribution in [-0.4, -0.2) is 48.5 Å². The number of nitrogens with one attached hydrogen (secondary N) is 1. The Kier molecular flexibility index (Phi) is 5.07. The van der Waals surface area contributed by atoms with Gasteiger partial charge in [-0.05, 0) is 18.8 Å². The monoisotopic (exact) mass is 396 g/mol. The highest BCUT2D eigenvalue weighted by Gasteiger charge is 2.45. The normalized spacial score (nSPS) is 20.7. The molecule has 1 saturated carbocycles. The van der Waals surface area contributed by atoms with E-state index in [0.717, 1.165) is 12.8 Å². The van der Waals surface area contributed by atoms with Gasteiger partial charge in [-0.1, -0.05) is 20.8 Å². The molecule has 7 nitrogen and oxygen atoms in total. The largest absolute Gasteiger partial charge is 0.491 e. The first-order chi connectivity index (χ1) is 12.9. The van der Waals surface area contributed by atoms with Gasteiger partial charge in [-0.2, -0.15) is 0 Å². The van der Waals surface area contributed by atoms with Crippen LogP contribution in [0.5, 0.6) is 5.75 Å². The van der Waals surface area contributed by atoms with Crippen LogP contribution >= 0.6 is 0 Å². The van der Waals surface area contributed by atoms with Gasteiger partial charge in [0.15, 0.2) is 11.9 Å². The first-order valence-electron chi connectivity index (χ1n) is 9.27. The van der Waals surface area contributed by atoms with Crippen LogP contribution in [0.25, 0.3) is 0 Å². The predicted octanol–water partition coefficient (Wildman–Crippen LogP) is 1.96. The van der Waals surface area contributed by atoms with E-state index in [2.05, 4.69) is 10.3 Å². The van der Waals surface area contributed by atoms with E-state index in [1.165, 1.54) is 17.2 Å². The van der Waals surface area contributed by atoms with Gasteiger partial charge in [-0.25, -0.2) is 13.8 Å². The lowest BCUT2D eigenvalue weighted by Gasteiger charge is -2.40. The van der Waals surface area contributed by atoms with Crippen LogP contribution in [0, 0.1) is 11.3 Å². The van der Waals surface area contributed by atoms with Crippen molar-refractivity contribution in [1.82, 2.24) is 10.3 Å². The van der Waals surface area contributed by atoms with E-state index in [0.29, 0.717) is 30.2 Å². The SMILES string of the molecule is CC(C)(C)[C@@](N)(C=O)NC(=O)c1cc(OCC2CC2)c(N2CC(F)(F)C2)cn1. The third kappa shape index (κ3) is 4.24. The standard InChI is InChI=1S/C19H26F2N4O3/c1-17(2,3)19(22,11-26)24-16(27)13-6-15(28-8-12-4-5-12)14(7-23-13)25-9-18(20,21)10-25/h6-7,11-12H,4-5,8-10,22H2,1-3H3,(H,24,27)/t19-/m1/s1. The van der Waals surface area contributed by atoms with Crippen LogP contribution in [0.15, 0.2) is 12.3 Å². The zero-order valence-corrected chi connectivity index (χ0v) is 16.3. The summed E-state index contributed by atoms with van der Waals surface area (Å²) in [6.07, 6.45) is 3.97. The summed E-state index contributed by atoms with van der Waals surface area (Å²) in [5, 5.41) is 2.51. The van der Waals surface area contributed by atoms with Crippen molar-refractivity contribution in [1.29, 1.82) is 0 Å². The lowest BCUT2D eigenvalue weighted by molar-refractivity contribution is -0.116. The molecule has 1 aromatic heterocycles. The summed E-state index contributed by atoms with van der Waals surface area (Å²) in [5.74, 6) is -2.60. The zero-order chi connectivity index (χ0) is 20.7. The van der Waals surface area contributed by atoms with Gasteiger partial charge in [0.1, 0.15) is 11.4 Å². The molecular weight excluding hydrogens is 370 g/mol. The van der Waals surface area contributed by atoms with Crippen LogP contribution in [-0.2, 0) is 4.79 Å². The molecule has 1 saturated heterocycles. The summed E-state index contributed by atoms with van der Waals surface area (Å²) in [6, 6.07) is 1.41. The van der Waals surface area contributed by atoms with Crippen LogP contribution in [0.2, 0.25) is 0 Å². The van der Waals surface area contributed by atoms with Crippen molar-refractivity contribution >= 4 is 17.9 Å². The van der Waals surface area contributed by atoms with Gasteiger partial charge in [0.05, 0.1) is 31.6 Å². The lowest BCUT2D eigenvalue weighted by atomic mass is 9.82. The number of nitrogens with two attached hydrogens (primary N) is 1. The van der Waals surface area contributed by atoms with Gasteiger partial charge >= 0.3 is 0 Å². The molecule has 0 spiro atoms. The summed E-state index contributed by atoms with van der Waals surface area (Å²) in [4.78, 5) is 29.7. The number of hydrogen-bond acceptors (Lipinski definition) is 6. The Bertz CT molecular complexity index is 769. The maximum absolute atomic E-state index is 13.3. The third-order valence-corrected chi connectivity index (χ3v) is 5.18. The number of carbonyl (C=O) groups excluding carboxylic acids is 2. The Morgan fingerprint density at radius 1 is 1.43 bits per heavy atom. The molecule has 1 amide bonds. The fraction of sp³-hybridized carbons (Fsp3) is 0.632. The van der Waals surface area contributed by atoms with E-state index >= 15 is 0 Å². The topological polar surface area (TPSA) is 97.5 Å². The first-order valence-corrected chi connectivity index (χ1v) is 9.27. The molecule has 2 fully saturated rings. The van der Waals surface area contributed by atoms with Crippen molar-refractivity contribution in [2.24, 2.45) is 17.1 Å². The number of amides is 1. The van der Waals surface area contributed by atoms with Crippen molar-refractivity contribution in [3.8, 4) is 5.75 Å². The minimum absolute atomic E-state index is 0.00255. The number of aldehydes is 1. The van der Waals surface area contributed by atoms with E-state index in [9.17, 15) is 18.4 Å². The number of pyridine rings is 1. The Morgan fingerprint density at radius 2 is 2.07 bits per heavy atom. The predicted molar refractivity (Wildman–Crippen MR) is 99.5 cm³/mol. The van der Waals surface area contributed by atoms with Crippen molar-refractivity contribution in [3.63, 3.8) is 0 Å². The van der Waals surface area contributed by atoms with Gasteiger partial charge in [0.25, 0.3) is 11.8 Å². The molecule has 0 bridgehead atoms. The molecule has 0 aromatic carbocycles. The van der Waals surface area contributed by atoms with E-state index in [1.807, 2.05) is 0 Å². The Morgan fingerprint density at radius 3 is 2.57 bits per heavy atom. The quantitative estimate of drug-likeness (QED) is 0.540. The van der Waals surface area contributed by atoms with Crippen LogP contribution in [0.4, 0.5) is 14.5 Å². The van der Waals surface area contributed by atoms with Gasteiger partial charge in [0.2, 0.25) is 0 Å². The second kappa shape index (κ2) is 6.95. The van der Waals surface area contributed by atoms with Crippen molar-refractivity contribution in [2.75, 3.05) is 24.6 Å². The van der Waals surface area contributed by atoms with E-state index in [1.54, 1.807) is 20.8 Å². The number of rotatable bonds is 7. The molecule has 28 heavy (non-hydrogen) atoms. The average Bonchev–Trinajstić information content (AvgIpc) is 3.40. The molecule has 0 unspecified atom stereocenters. The summed E-state index contributed by atoms with van der Waals surface area (Å²) in [7, 11) is 0. The molecule has 2 heterocycles. The second-order valence-electron chi connectivity index (χ2n) is 8.69. The second-order valence-corrected chi connectivity index (χ2v) is 8.69. The number of halogens is 2. The molecule has 1 aromatic rings. The van der Waals surface area contributed by atoms with E-state index in [4.69, 9.17) is 10.5 Å². The van der Waals surface area contributed by atoms with Crippen molar-refractivity contribution in [3.05, 3.63) is 18.0 Å². The number of anilines is 1. The number of hydrogen-bond donors (Lipinski definition) is 2. The molecule has 9 heteroatoms. The molecule has 154 valence electrons. The van der Waals surface area contributed by atoms with Crippen molar-refractivity contribution < 1.29 is 23.1 Å². The minimum Gasteiger partial charge on any atom is -0.491 e. The molecule has 1 aliphatic carbocycles. The fourth-order valence-corrected chi connectivity index (χ4v) is 2.73. The van der Waals surface area contributed by atoms with Gasteiger partial charge < -0.3 is 20.7 Å². The number of alkyl halides is 2. The molecule has 3 rings (SSSR count). The third-order valence-electron chi connectivity index (χ3n) is 5.18. The maximum Gasteiger partial charge on any atom is 0.282 e.